The SMILES string of the molecule is O=C(O)CSCc1cccc(NC(=O)C2OCCc3ccccc32)c1. The first-order valence-electron chi connectivity index (χ1n) is 8.02. The number of rotatable bonds is 6. The van der Waals surface area contributed by atoms with Gasteiger partial charge in [-0.25, -0.2) is 0 Å². The molecule has 0 radical (unpaired) electrons. The van der Waals surface area contributed by atoms with Crippen molar-refractivity contribution in [1.29, 1.82) is 0 Å². The first-order valence-corrected chi connectivity index (χ1v) is 9.18. The maximum atomic E-state index is 12.6. The Morgan fingerprint density at radius 2 is 2.04 bits per heavy atom. The quantitative estimate of drug-likeness (QED) is 0.830. The van der Waals surface area contributed by atoms with E-state index in [9.17, 15) is 9.59 Å². The highest BCUT2D eigenvalue weighted by molar-refractivity contribution is 7.99. The van der Waals surface area contributed by atoms with Crippen LogP contribution in [0, 0.1) is 0 Å². The van der Waals surface area contributed by atoms with Crippen molar-refractivity contribution in [3.63, 3.8) is 0 Å². The van der Waals surface area contributed by atoms with E-state index >= 15 is 0 Å². The number of benzene rings is 2. The number of anilines is 1. The van der Waals surface area contributed by atoms with E-state index in [1.807, 2.05) is 48.5 Å². The molecule has 3 rings (SSSR count). The van der Waals surface area contributed by atoms with E-state index in [1.54, 1.807) is 0 Å². The molecule has 1 amide bonds. The van der Waals surface area contributed by atoms with Gasteiger partial charge < -0.3 is 15.2 Å². The Bertz CT molecular complexity index is 778. The number of carbonyl (C=O) groups is 2. The number of nitrogens with one attached hydrogen (secondary N) is 1. The average molecular weight is 357 g/mol. The molecule has 2 aromatic rings. The number of aliphatic carboxylic acids is 1. The van der Waals surface area contributed by atoms with Crippen molar-refractivity contribution >= 4 is 29.3 Å². The van der Waals surface area contributed by atoms with Gasteiger partial charge in [-0.05, 0) is 35.2 Å². The molecule has 25 heavy (non-hydrogen) atoms. The van der Waals surface area contributed by atoms with Crippen molar-refractivity contribution in [2.24, 2.45) is 0 Å². The lowest BCUT2D eigenvalue weighted by atomic mass is 9.97. The minimum atomic E-state index is -0.831. The molecule has 2 aromatic carbocycles. The van der Waals surface area contributed by atoms with Crippen LogP contribution in [0.15, 0.2) is 48.5 Å². The lowest BCUT2D eigenvalue weighted by Crippen LogP contribution is -2.28. The molecule has 130 valence electrons. The molecule has 0 bridgehead atoms. The highest BCUT2D eigenvalue weighted by Crippen LogP contribution is 2.28. The first kappa shape index (κ1) is 17.5. The maximum Gasteiger partial charge on any atom is 0.313 e. The topological polar surface area (TPSA) is 75.6 Å². The van der Waals surface area contributed by atoms with E-state index in [0.29, 0.717) is 18.0 Å². The van der Waals surface area contributed by atoms with Gasteiger partial charge in [0.1, 0.15) is 0 Å². The lowest BCUT2D eigenvalue weighted by molar-refractivity contribution is -0.134. The highest BCUT2D eigenvalue weighted by Gasteiger charge is 2.27. The predicted molar refractivity (Wildman–Crippen MR) is 97.7 cm³/mol. The van der Waals surface area contributed by atoms with E-state index < -0.39 is 12.1 Å². The molecule has 1 heterocycles. The Morgan fingerprint density at radius 1 is 1.20 bits per heavy atom. The van der Waals surface area contributed by atoms with Gasteiger partial charge in [-0.15, -0.1) is 11.8 Å². The van der Waals surface area contributed by atoms with Crippen LogP contribution in [0.4, 0.5) is 5.69 Å². The second-order valence-corrected chi connectivity index (χ2v) is 6.76. The van der Waals surface area contributed by atoms with Crippen molar-refractivity contribution < 1.29 is 19.4 Å². The Hall–Kier alpha value is -2.31. The zero-order valence-corrected chi connectivity index (χ0v) is 14.4. The maximum absolute atomic E-state index is 12.6. The number of hydrogen-bond acceptors (Lipinski definition) is 4. The number of fused-ring (bicyclic) bond motifs is 1. The monoisotopic (exact) mass is 357 g/mol. The Morgan fingerprint density at radius 3 is 2.88 bits per heavy atom. The van der Waals surface area contributed by atoms with Gasteiger partial charge in [0, 0.05) is 11.4 Å². The van der Waals surface area contributed by atoms with Crippen molar-refractivity contribution in [1.82, 2.24) is 0 Å². The van der Waals surface area contributed by atoms with Crippen molar-refractivity contribution in [2.75, 3.05) is 17.7 Å². The number of amides is 1. The molecular formula is C19H19NO4S. The fraction of sp³-hybridized carbons (Fsp3) is 0.263. The van der Waals surface area contributed by atoms with E-state index in [1.165, 1.54) is 11.8 Å². The molecule has 2 N–H and O–H groups in total. The van der Waals surface area contributed by atoms with Crippen LogP contribution in [-0.4, -0.2) is 29.3 Å². The normalized spacial score (nSPS) is 16.1. The summed E-state index contributed by atoms with van der Waals surface area (Å²) in [5.41, 5.74) is 3.71. The number of hydrogen-bond donors (Lipinski definition) is 2. The summed E-state index contributed by atoms with van der Waals surface area (Å²) in [6.45, 7) is 0.529. The second-order valence-electron chi connectivity index (χ2n) is 5.78. The van der Waals surface area contributed by atoms with Crippen molar-refractivity contribution in [3.8, 4) is 0 Å². The third-order valence-corrected chi connectivity index (χ3v) is 4.91. The molecule has 0 aliphatic carbocycles. The van der Waals surface area contributed by atoms with Crippen LogP contribution in [0.25, 0.3) is 0 Å². The number of carboxylic acids is 1. The predicted octanol–water partition coefficient (Wildman–Crippen LogP) is 3.26. The van der Waals surface area contributed by atoms with Crippen LogP contribution >= 0.6 is 11.8 Å². The summed E-state index contributed by atoms with van der Waals surface area (Å²) >= 11 is 1.32. The van der Waals surface area contributed by atoms with Gasteiger partial charge in [0.15, 0.2) is 6.10 Å². The molecule has 0 aromatic heterocycles. The number of carbonyl (C=O) groups excluding carboxylic acids is 1. The molecule has 1 aliphatic rings. The number of ether oxygens (including phenoxy) is 1. The van der Waals surface area contributed by atoms with Gasteiger partial charge in [-0.2, -0.15) is 0 Å². The van der Waals surface area contributed by atoms with Crippen LogP contribution < -0.4 is 5.32 Å². The zero-order valence-electron chi connectivity index (χ0n) is 13.6. The van der Waals surface area contributed by atoms with Crippen LogP contribution in [-0.2, 0) is 26.5 Å². The largest absolute Gasteiger partial charge is 0.481 e. The highest BCUT2D eigenvalue weighted by atomic mass is 32.2. The number of carboxylic acid groups (broad SMARTS) is 1. The van der Waals surface area contributed by atoms with Gasteiger partial charge >= 0.3 is 5.97 Å². The minimum Gasteiger partial charge on any atom is -0.481 e. The van der Waals surface area contributed by atoms with E-state index in [4.69, 9.17) is 9.84 Å². The summed E-state index contributed by atoms with van der Waals surface area (Å²) in [5, 5.41) is 11.6. The van der Waals surface area contributed by atoms with E-state index in [-0.39, 0.29) is 11.7 Å². The van der Waals surface area contributed by atoms with E-state index in [2.05, 4.69) is 5.32 Å². The van der Waals surface area contributed by atoms with Crippen LogP contribution in [0.1, 0.15) is 22.8 Å². The molecule has 0 saturated carbocycles. The summed E-state index contributed by atoms with van der Waals surface area (Å²) in [7, 11) is 0. The molecule has 6 heteroatoms. The first-order chi connectivity index (χ1) is 12.1. The zero-order chi connectivity index (χ0) is 17.6. The fourth-order valence-corrected chi connectivity index (χ4v) is 3.51. The summed E-state index contributed by atoms with van der Waals surface area (Å²) in [4.78, 5) is 23.2. The summed E-state index contributed by atoms with van der Waals surface area (Å²) in [6, 6.07) is 15.3. The molecule has 1 atom stereocenters. The Balaban J connectivity index is 1.66. The lowest BCUT2D eigenvalue weighted by Gasteiger charge is -2.25. The van der Waals surface area contributed by atoms with Gasteiger partial charge in [0.05, 0.1) is 12.4 Å². The van der Waals surface area contributed by atoms with Gasteiger partial charge in [-0.1, -0.05) is 36.4 Å². The third-order valence-electron chi connectivity index (χ3n) is 3.92. The molecule has 1 unspecified atom stereocenters. The second kappa shape index (κ2) is 8.18. The Labute approximate surface area is 150 Å². The molecule has 0 saturated heterocycles. The molecular weight excluding hydrogens is 338 g/mol. The molecule has 0 fully saturated rings. The van der Waals surface area contributed by atoms with Crippen molar-refractivity contribution in [3.05, 3.63) is 65.2 Å². The fourth-order valence-electron chi connectivity index (χ4n) is 2.81. The Kier molecular flexibility index (Phi) is 5.73. The summed E-state index contributed by atoms with van der Waals surface area (Å²) < 4.78 is 5.68. The molecule has 5 nitrogen and oxygen atoms in total. The van der Waals surface area contributed by atoms with Crippen LogP contribution in [0.2, 0.25) is 0 Å². The third kappa shape index (κ3) is 4.61. The van der Waals surface area contributed by atoms with Crippen molar-refractivity contribution in [2.45, 2.75) is 18.3 Å². The molecule has 1 aliphatic heterocycles. The van der Waals surface area contributed by atoms with Crippen LogP contribution in [0.3, 0.4) is 0 Å². The van der Waals surface area contributed by atoms with Crippen LogP contribution in [0.5, 0.6) is 0 Å². The van der Waals surface area contributed by atoms with E-state index in [0.717, 1.165) is 23.1 Å². The number of thioether (sulfide) groups is 1. The minimum absolute atomic E-state index is 0.0588. The van der Waals surface area contributed by atoms with Gasteiger partial charge in [-0.3, -0.25) is 9.59 Å². The molecule has 0 spiro atoms. The smallest absolute Gasteiger partial charge is 0.313 e. The summed E-state index contributed by atoms with van der Waals surface area (Å²) in [6.07, 6.45) is 0.214. The average Bonchev–Trinajstić information content (AvgIpc) is 2.61. The standard InChI is InChI=1S/C19H19NO4S/c21-17(22)12-25-11-13-4-3-6-15(10-13)20-19(23)18-16-7-2-1-5-14(16)8-9-24-18/h1-7,10,18H,8-9,11-12H2,(H,20,23)(H,21,22). The van der Waals surface area contributed by atoms with Gasteiger partial charge in [0.2, 0.25) is 0 Å². The summed E-state index contributed by atoms with van der Waals surface area (Å²) in [5.74, 6) is -0.382. The van der Waals surface area contributed by atoms with Gasteiger partial charge in [0.25, 0.3) is 5.91 Å².